The molecule has 1 atom stereocenters. The molecule has 0 amide bonds. The normalized spacial score (nSPS) is 13.1. The van der Waals surface area contributed by atoms with E-state index in [-0.39, 0.29) is 5.02 Å². The van der Waals surface area contributed by atoms with Gasteiger partial charge in [-0.05, 0) is 18.2 Å². The van der Waals surface area contributed by atoms with Gasteiger partial charge in [0.15, 0.2) is 6.10 Å². The fourth-order valence-electron chi connectivity index (χ4n) is 1.18. The maximum Gasteiger partial charge on any atom is 0.336 e. The molecule has 9 heteroatoms. The van der Waals surface area contributed by atoms with Crippen LogP contribution in [-0.4, -0.2) is 39.3 Å². The second-order valence-electron chi connectivity index (χ2n) is 3.47. The number of carbonyl (C=O) groups excluding carboxylic acids is 1. The van der Waals surface area contributed by atoms with Crippen LogP contribution in [0.1, 0.15) is 0 Å². The molecule has 1 rings (SSSR count). The van der Waals surface area contributed by atoms with Gasteiger partial charge in [-0.25, -0.2) is 22.3 Å². The van der Waals surface area contributed by atoms with Gasteiger partial charge in [0, 0.05) is 11.6 Å². The molecular weight excluding hydrogens is 301 g/mol. The summed E-state index contributed by atoms with van der Waals surface area (Å²) in [4.78, 5) is 10.2. The Morgan fingerprint density at radius 3 is 2.74 bits per heavy atom. The van der Waals surface area contributed by atoms with Crippen LogP contribution >= 0.6 is 11.6 Å². The predicted molar refractivity (Wildman–Crippen MR) is 64.6 cm³/mol. The lowest BCUT2D eigenvalue weighted by molar-refractivity contribution is -0.149. The van der Waals surface area contributed by atoms with Crippen LogP contribution in [0.25, 0.3) is 0 Å². The number of nitrogens with one attached hydrogen (secondary N) is 1. The van der Waals surface area contributed by atoms with Crippen molar-refractivity contribution in [1.29, 1.82) is 0 Å². The Morgan fingerprint density at radius 2 is 2.21 bits per heavy atom. The molecule has 0 aliphatic carbocycles. The highest BCUT2D eigenvalue weighted by molar-refractivity contribution is 7.89. The minimum Gasteiger partial charge on any atom is -0.467 e. The molecule has 0 unspecified atom stereocenters. The van der Waals surface area contributed by atoms with Crippen LogP contribution in [-0.2, 0) is 19.6 Å². The number of aliphatic hydroxyl groups excluding tert-OH is 1. The third-order valence-corrected chi connectivity index (χ3v) is 3.82. The van der Waals surface area contributed by atoms with Gasteiger partial charge in [0.1, 0.15) is 10.7 Å². The summed E-state index contributed by atoms with van der Waals surface area (Å²) in [5.41, 5.74) is 0. The highest BCUT2D eigenvalue weighted by Crippen LogP contribution is 2.18. The molecule has 0 aliphatic rings. The quantitative estimate of drug-likeness (QED) is 0.763. The van der Waals surface area contributed by atoms with Gasteiger partial charge >= 0.3 is 5.97 Å². The first-order valence-corrected chi connectivity index (χ1v) is 6.84. The minimum absolute atomic E-state index is 0.0473. The second-order valence-corrected chi connectivity index (χ2v) is 5.64. The lowest BCUT2D eigenvalue weighted by Gasteiger charge is -2.11. The van der Waals surface area contributed by atoms with Gasteiger partial charge in [0.2, 0.25) is 10.0 Å². The Morgan fingerprint density at radius 1 is 1.58 bits per heavy atom. The molecule has 106 valence electrons. The third kappa shape index (κ3) is 4.13. The third-order valence-electron chi connectivity index (χ3n) is 2.12. The number of sulfonamides is 1. The number of halogens is 2. The number of methoxy groups -OCH3 is 1. The van der Waals surface area contributed by atoms with Crippen LogP contribution in [0.5, 0.6) is 0 Å². The van der Waals surface area contributed by atoms with Gasteiger partial charge in [-0.15, -0.1) is 0 Å². The fourth-order valence-corrected chi connectivity index (χ4v) is 2.43. The molecule has 1 aromatic carbocycles. The number of aliphatic hydroxyl groups is 1. The van der Waals surface area contributed by atoms with Crippen molar-refractivity contribution in [3.05, 3.63) is 29.0 Å². The van der Waals surface area contributed by atoms with Crippen molar-refractivity contribution < 1.29 is 27.4 Å². The first-order chi connectivity index (χ1) is 8.77. The highest BCUT2D eigenvalue weighted by atomic mass is 35.5. The Bertz CT molecular complexity index is 577. The zero-order chi connectivity index (χ0) is 14.6. The van der Waals surface area contributed by atoms with Gasteiger partial charge in [-0.3, -0.25) is 0 Å². The van der Waals surface area contributed by atoms with Gasteiger partial charge in [0.25, 0.3) is 0 Å². The van der Waals surface area contributed by atoms with Gasteiger partial charge in [-0.1, -0.05) is 11.6 Å². The van der Waals surface area contributed by atoms with E-state index < -0.39 is 39.4 Å². The van der Waals surface area contributed by atoms with Crippen molar-refractivity contribution in [2.24, 2.45) is 0 Å². The van der Waals surface area contributed by atoms with Crippen molar-refractivity contribution in [2.75, 3.05) is 13.7 Å². The van der Waals surface area contributed by atoms with Crippen LogP contribution in [0.2, 0.25) is 5.02 Å². The largest absolute Gasteiger partial charge is 0.467 e. The van der Waals surface area contributed by atoms with E-state index in [9.17, 15) is 22.7 Å². The summed E-state index contributed by atoms with van der Waals surface area (Å²) in [5, 5.41) is 9.27. The molecule has 2 N–H and O–H groups in total. The highest BCUT2D eigenvalue weighted by Gasteiger charge is 2.23. The average molecular weight is 312 g/mol. The molecular formula is C10H11ClFNO5S. The Kier molecular flexibility index (Phi) is 5.24. The Hall–Kier alpha value is -1.22. The molecule has 6 nitrogen and oxygen atoms in total. The summed E-state index contributed by atoms with van der Waals surface area (Å²) in [6.45, 7) is -0.628. The summed E-state index contributed by atoms with van der Waals surface area (Å²) in [5.74, 6) is -2.04. The first-order valence-electron chi connectivity index (χ1n) is 4.98. The Balaban J connectivity index is 2.85. The summed E-state index contributed by atoms with van der Waals surface area (Å²) < 4.78 is 43.0. The molecule has 0 heterocycles. The topological polar surface area (TPSA) is 92.7 Å². The van der Waals surface area contributed by atoms with Crippen molar-refractivity contribution in [3.63, 3.8) is 0 Å². The molecule has 0 spiro atoms. The van der Waals surface area contributed by atoms with E-state index >= 15 is 0 Å². The smallest absolute Gasteiger partial charge is 0.336 e. The average Bonchev–Trinajstić information content (AvgIpc) is 2.34. The molecule has 0 saturated carbocycles. The lowest BCUT2D eigenvalue weighted by Crippen LogP contribution is -2.37. The molecule has 0 fully saturated rings. The van der Waals surface area contributed by atoms with Crippen molar-refractivity contribution in [1.82, 2.24) is 4.72 Å². The van der Waals surface area contributed by atoms with Crippen LogP contribution in [0.4, 0.5) is 4.39 Å². The summed E-state index contributed by atoms with van der Waals surface area (Å²) in [6.07, 6.45) is -1.67. The van der Waals surface area contributed by atoms with Crippen molar-refractivity contribution >= 4 is 27.6 Å². The molecule has 0 saturated heterocycles. The minimum atomic E-state index is -4.20. The summed E-state index contributed by atoms with van der Waals surface area (Å²) in [7, 11) is -3.16. The van der Waals surface area contributed by atoms with Crippen LogP contribution in [0.3, 0.4) is 0 Å². The van der Waals surface area contributed by atoms with E-state index in [0.29, 0.717) is 0 Å². The molecule has 0 aliphatic heterocycles. The number of hydrogen-bond acceptors (Lipinski definition) is 5. The number of ether oxygens (including phenoxy) is 1. The zero-order valence-electron chi connectivity index (χ0n) is 9.76. The standard InChI is InChI=1S/C10H11ClFNO5S/c1-18-10(15)8(14)5-13-19(16,17)9-3-2-6(11)4-7(9)12/h2-4,8,13-14H,5H2,1H3/t8-/m0/s1. The molecule has 0 bridgehead atoms. The predicted octanol–water partition coefficient (Wildman–Crippen LogP) is 0.291. The van der Waals surface area contributed by atoms with E-state index in [1.54, 1.807) is 0 Å². The van der Waals surface area contributed by atoms with E-state index in [1.165, 1.54) is 6.07 Å². The maximum absolute atomic E-state index is 13.4. The van der Waals surface area contributed by atoms with Gasteiger partial charge < -0.3 is 9.84 Å². The molecule has 19 heavy (non-hydrogen) atoms. The number of carbonyl (C=O) groups is 1. The molecule has 0 aromatic heterocycles. The van der Waals surface area contributed by atoms with E-state index in [2.05, 4.69) is 4.74 Å². The summed E-state index contributed by atoms with van der Waals surface area (Å²) in [6, 6.07) is 3.02. The number of esters is 1. The number of rotatable bonds is 5. The van der Waals surface area contributed by atoms with E-state index in [0.717, 1.165) is 19.2 Å². The zero-order valence-corrected chi connectivity index (χ0v) is 11.3. The van der Waals surface area contributed by atoms with E-state index in [1.807, 2.05) is 4.72 Å². The van der Waals surface area contributed by atoms with Crippen LogP contribution < -0.4 is 4.72 Å². The summed E-state index contributed by atoms with van der Waals surface area (Å²) >= 11 is 5.50. The molecule has 1 aromatic rings. The first kappa shape index (κ1) is 15.8. The van der Waals surface area contributed by atoms with Crippen LogP contribution in [0, 0.1) is 5.82 Å². The van der Waals surface area contributed by atoms with Crippen molar-refractivity contribution in [2.45, 2.75) is 11.0 Å². The maximum atomic E-state index is 13.4. The second kappa shape index (κ2) is 6.29. The number of benzene rings is 1. The monoisotopic (exact) mass is 311 g/mol. The number of hydrogen-bond donors (Lipinski definition) is 2. The fraction of sp³-hybridized carbons (Fsp3) is 0.300. The van der Waals surface area contributed by atoms with Crippen LogP contribution in [0.15, 0.2) is 23.1 Å². The van der Waals surface area contributed by atoms with E-state index in [4.69, 9.17) is 11.6 Å². The van der Waals surface area contributed by atoms with Gasteiger partial charge in [-0.2, -0.15) is 0 Å². The SMILES string of the molecule is COC(=O)[C@@H](O)CNS(=O)(=O)c1ccc(Cl)cc1F. The molecule has 0 radical (unpaired) electrons. The van der Waals surface area contributed by atoms with Crippen molar-refractivity contribution in [3.8, 4) is 0 Å². The lowest BCUT2D eigenvalue weighted by atomic mass is 10.3. The van der Waals surface area contributed by atoms with Gasteiger partial charge in [0.05, 0.1) is 7.11 Å². The Labute approximate surface area is 114 Å².